The summed E-state index contributed by atoms with van der Waals surface area (Å²) in [6.07, 6.45) is 1.67. The van der Waals surface area contributed by atoms with Gasteiger partial charge < -0.3 is 20.0 Å². The van der Waals surface area contributed by atoms with Crippen LogP contribution in [0.15, 0.2) is 0 Å². The number of nitrogens with one attached hydrogen (secondary N) is 1. The summed E-state index contributed by atoms with van der Waals surface area (Å²) in [5, 5.41) is 10.9. The Labute approximate surface area is 94.0 Å². The molecule has 6 nitrogen and oxygen atoms in total. The maximum Gasteiger partial charge on any atom is 0.303 e. The van der Waals surface area contributed by atoms with Crippen molar-refractivity contribution in [3.63, 3.8) is 0 Å². The van der Waals surface area contributed by atoms with E-state index < -0.39 is 5.97 Å². The lowest BCUT2D eigenvalue weighted by Gasteiger charge is -2.04. The second kappa shape index (κ2) is 10.1. The fourth-order valence-electron chi connectivity index (χ4n) is 0.985. The lowest BCUT2D eigenvalue weighted by molar-refractivity contribution is -0.137. The lowest BCUT2D eigenvalue weighted by atomic mass is 10.2. The molecule has 0 spiro atoms. The van der Waals surface area contributed by atoms with Crippen molar-refractivity contribution >= 4 is 18.2 Å². The van der Waals surface area contributed by atoms with Gasteiger partial charge in [-0.05, 0) is 6.42 Å². The largest absolute Gasteiger partial charge is 0.481 e. The van der Waals surface area contributed by atoms with Crippen LogP contribution in [0.2, 0.25) is 0 Å². The molecule has 16 heavy (non-hydrogen) atoms. The van der Waals surface area contributed by atoms with Gasteiger partial charge in [-0.2, -0.15) is 0 Å². The number of rotatable bonds is 10. The fraction of sp³-hybridized carbons (Fsp3) is 0.700. The summed E-state index contributed by atoms with van der Waals surface area (Å²) >= 11 is 0. The average molecular weight is 231 g/mol. The minimum Gasteiger partial charge on any atom is -0.481 e. The van der Waals surface area contributed by atoms with Gasteiger partial charge in [-0.3, -0.25) is 9.59 Å². The summed E-state index contributed by atoms with van der Waals surface area (Å²) in [6, 6.07) is 0. The van der Waals surface area contributed by atoms with E-state index in [2.05, 4.69) is 5.32 Å². The zero-order valence-corrected chi connectivity index (χ0v) is 9.11. The topological polar surface area (TPSA) is 92.7 Å². The zero-order valence-electron chi connectivity index (χ0n) is 9.11. The van der Waals surface area contributed by atoms with Crippen LogP contribution in [-0.2, 0) is 19.1 Å². The van der Waals surface area contributed by atoms with Gasteiger partial charge in [0.15, 0.2) is 0 Å². The summed E-state index contributed by atoms with van der Waals surface area (Å²) in [5.74, 6) is -1.08. The predicted molar refractivity (Wildman–Crippen MR) is 56.0 cm³/mol. The highest BCUT2D eigenvalue weighted by molar-refractivity contribution is 5.76. The van der Waals surface area contributed by atoms with Gasteiger partial charge in [-0.15, -0.1) is 0 Å². The molecule has 0 heterocycles. The van der Waals surface area contributed by atoms with E-state index in [4.69, 9.17) is 9.84 Å². The van der Waals surface area contributed by atoms with Crippen LogP contribution in [0.25, 0.3) is 0 Å². The van der Waals surface area contributed by atoms with Crippen molar-refractivity contribution in [1.82, 2.24) is 5.32 Å². The number of ether oxygens (including phenoxy) is 1. The SMILES string of the molecule is O=CCCOCCNC(=O)CCCC(=O)O. The Balaban J connectivity index is 3.23. The van der Waals surface area contributed by atoms with Crippen LogP contribution in [0.5, 0.6) is 0 Å². The van der Waals surface area contributed by atoms with Crippen molar-refractivity contribution < 1.29 is 24.2 Å². The van der Waals surface area contributed by atoms with Gasteiger partial charge in [0.25, 0.3) is 0 Å². The Morgan fingerprint density at radius 1 is 1.25 bits per heavy atom. The first-order chi connectivity index (χ1) is 7.66. The smallest absolute Gasteiger partial charge is 0.303 e. The van der Waals surface area contributed by atoms with E-state index >= 15 is 0 Å². The third-order valence-electron chi connectivity index (χ3n) is 1.74. The molecule has 92 valence electrons. The van der Waals surface area contributed by atoms with Crippen LogP contribution in [0.4, 0.5) is 0 Å². The molecule has 0 radical (unpaired) electrons. The summed E-state index contributed by atoms with van der Waals surface area (Å²) < 4.78 is 5.03. The van der Waals surface area contributed by atoms with Gasteiger partial charge in [0, 0.05) is 25.8 Å². The Morgan fingerprint density at radius 2 is 2.00 bits per heavy atom. The maximum absolute atomic E-state index is 11.1. The van der Waals surface area contributed by atoms with E-state index in [1.807, 2.05) is 0 Å². The van der Waals surface area contributed by atoms with Gasteiger partial charge in [0.1, 0.15) is 6.29 Å². The van der Waals surface area contributed by atoms with Gasteiger partial charge in [0.05, 0.1) is 13.2 Å². The summed E-state index contributed by atoms with van der Waals surface area (Å²) in [5.41, 5.74) is 0. The minimum absolute atomic E-state index is 0.00323. The first-order valence-corrected chi connectivity index (χ1v) is 5.16. The monoisotopic (exact) mass is 231 g/mol. The van der Waals surface area contributed by atoms with E-state index in [1.54, 1.807) is 0 Å². The molecule has 2 N–H and O–H groups in total. The third-order valence-corrected chi connectivity index (χ3v) is 1.74. The van der Waals surface area contributed by atoms with E-state index in [0.29, 0.717) is 32.6 Å². The minimum atomic E-state index is -0.898. The highest BCUT2D eigenvalue weighted by atomic mass is 16.5. The molecule has 0 atom stereocenters. The second-order valence-corrected chi connectivity index (χ2v) is 3.16. The standard InChI is InChI=1S/C10H17NO5/c12-6-2-7-16-8-5-11-9(13)3-1-4-10(14)15/h6H,1-5,7-8H2,(H,11,13)(H,14,15). The van der Waals surface area contributed by atoms with Crippen molar-refractivity contribution in [2.24, 2.45) is 0 Å². The van der Waals surface area contributed by atoms with Gasteiger partial charge >= 0.3 is 5.97 Å². The van der Waals surface area contributed by atoms with Crippen molar-refractivity contribution in [3.8, 4) is 0 Å². The molecule has 0 aliphatic rings. The first kappa shape index (κ1) is 14.6. The normalized spacial score (nSPS) is 9.75. The number of aldehydes is 1. The van der Waals surface area contributed by atoms with Crippen LogP contribution < -0.4 is 5.32 Å². The zero-order chi connectivity index (χ0) is 12.2. The molecular weight excluding hydrogens is 214 g/mol. The molecule has 0 unspecified atom stereocenters. The highest BCUT2D eigenvalue weighted by Gasteiger charge is 2.02. The Kier molecular flexibility index (Phi) is 9.20. The van der Waals surface area contributed by atoms with Crippen molar-refractivity contribution in [2.75, 3.05) is 19.8 Å². The van der Waals surface area contributed by atoms with Gasteiger partial charge in [0.2, 0.25) is 5.91 Å². The molecule has 0 aromatic rings. The second-order valence-electron chi connectivity index (χ2n) is 3.16. The molecule has 0 fully saturated rings. The van der Waals surface area contributed by atoms with Crippen molar-refractivity contribution in [1.29, 1.82) is 0 Å². The number of carboxylic acids is 1. The Hall–Kier alpha value is -1.43. The van der Waals surface area contributed by atoms with Crippen molar-refractivity contribution in [3.05, 3.63) is 0 Å². The van der Waals surface area contributed by atoms with Crippen LogP contribution in [0.3, 0.4) is 0 Å². The predicted octanol–water partition coefficient (Wildman–Crippen LogP) is -0.0369. The number of carbonyl (C=O) groups excluding carboxylic acids is 2. The van der Waals surface area contributed by atoms with E-state index in [9.17, 15) is 14.4 Å². The number of amides is 1. The Morgan fingerprint density at radius 3 is 2.62 bits per heavy atom. The first-order valence-electron chi connectivity index (χ1n) is 5.16. The molecule has 0 aliphatic carbocycles. The number of aliphatic carboxylic acids is 1. The maximum atomic E-state index is 11.1. The molecule has 0 rings (SSSR count). The molecule has 0 aromatic heterocycles. The third kappa shape index (κ3) is 10.6. The number of hydrogen-bond acceptors (Lipinski definition) is 4. The number of hydrogen-bond donors (Lipinski definition) is 2. The van der Waals surface area contributed by atoms with E-state index in [1.165, 1.54) is 0 Å². The van der Waals surface area contributed by atoms with Crippen LogP contribution >= 0.6 is 0 Å². The van der Waals surface area contributed by atoms with Crippen LogP contribution in [0.1, 0.15) is 25.7 Å². The molecule has 0 bridgehead atoms. The van der Waals surface area contributed by atoms with Gasteiger partial charge in [-0.25, -0.2) is 0 Å². The quantitative estimate of drug-likeness (QED) is 0.406. The average Bonchev–Trinajstić information content (AvgIpc) is 2.22. The van der Waals surface area contributed by atoms with Gasteiger partial charge in [-0.1, -0.05) is 0 Å². The van der Waals surface area contributed by atoms with Crippen molar-refractivity contribution in [2.45, 2.75) is 25.7 Å². The number of carbonyl (C=O) groups is 3. The molecule has 0 saturated carbocycles. The summed E-state index contributed by atoms with van der Waals surface area (Å²) in [7, 11) is 0. The van der Waals surface area contributed by atoms with Crippen LogP contribution in [0, 0.1) is 0 Å². The highest BCUT2D eigenvalue weighted by Crippen LogP contribution is 1.94. The summed E-state index contributed by atoms with van der Waals surface area (Å²) in [6.45, 7) is 1.10. The molecule has 0 aromatic carbocycles. The Bertz CT molecular complexity index is 229. The molecule has 1 amide bonds. The molecule has 0 saturated heterocycles. The molecule has 6 heteroatoms. The van der Waals surface area contributed by atoms with Crippen LogP contribution in [-0.4, -0.2) is 43.0 Å². The number of carboxylic acid groups (broad SMARTS) is 1. The molecule has 0 aliphatic heterocycles. The summed E-state index contributed by atoms with van der Waals surface area (Å²) in [4.78, 5) is 31.2. The van der Waals surface area contributed by atoms with E-state index in [0.717, 1.165) is 6.29 Å². The van der Waals surface area contributed by atoms with E-state index in [-0.39, 0.29) is 18.7 Å². The molecular formula is C10H17NO5. The lowest BCUT2D eigenvalue weighted by Crippen LogP contribution is -2.27. The fourth-order valence-corrected chi connectivity index (χ4v) is 0.985.